The summed E-state index contributed by atoms with van der Waals surface area (Å²) in [6, 6.07) is 0.181. The molecule has 1 aliphatic heterocycles. The van der Waals surface area contributed by atoms with Gasteiger partial charge in [0.05, 0.1) is 13.2 Å². The van der Waals surface area contributed by atoms with Gasteiger partial charge in [-0.05, 0) is 18.8 Å². The predicted molar refractivity (Wildman–Crippen MR) is 77.3 cm³/mol. The molecule has 23 heavy (non-hydrogen) atoms. The first-order valence-corrected chi connectivity index (χ1v) is 7.88. The normalized spacial score (nSPS) is 25.7. The number of aromatic nitrogens is 2. The third kappa shape index (κ3) is 3.85. The second-order valence-electron chi connectivity index (χ2n) is 6.20. The highest BCUT2D eigenvalue weighted by molar-refractivity contribution is 5.36. The van der Waals surface area contributed by atoms with Crippen LogP contribution in [0.4, 0.5) is 19.1 Å². The summed E-state index contributed by atoms with van der Waals surface area (Å²) in [5.74, 6) is 0.206. The molecule has 1 aliphatic carbocycles. The van der Waals surface area contributed by atoms with E-state index in [0.717, 1.165) is 25.5 Å². The van der Waals surface area contributed by atoms with E-state index >= 15 is 0 Å². The van der Waals surface area contributed by atoms with E-state index in [4.69, 9.17) is 9.47 Å². The van der Waals surface area contributed by atoms with Crippen molar-refractivity contribution in [2.75, 3.05) is 18.5 Å². The van der Waals surface area contributed by atoms with Crippen LogP contribution in [0.2, 0.25) is 0 Å². The van der Waals surface area contributed by atoms with Gasteiger partial charge in [0.2, 0.25) is 11.8 Å². The van der Waals surface area contributed by atoms with Crippen molar-refractivity contribution >= 4 is 5.95 Å². The van der Waals surface area contributed by atoms with Crippen LogP contribution in [0.1, 0.15) is 38.2 Å². The van der Waals surface area contributed by atoms with E-state index in [1.165, 1.54) is 6.42 Å². The summed E-state index contributed by atoms with van der Waals surface area (Å²) in [6.07, 6.45) is 0.217. The highest BCUT2D eigenvalue weighted by atomic mass is 19.4. The first-order valence-electron chi connectivity index (χ1n) is 7.88. The third-order valence-electron chi connectivity index (χ3n) is 4.37. The summed E-state index contributed by atoms with van der Waals surface area (Å²) in [7, 11) is 0. The van der Waals surface area contributed by atoms with E-state index in [9.17, 15) is 13.2 Å². The van der Waals surface area contributed by atoms with Crippen molar-refractivity contribution in [3.8, 4) is 5.88 Å². The van der Waals surface area contributed by atoms with Crippen LogP contribution in [0.3, 0.4) is 0 Å². The minimum absolute atomic E-state index is 0.181. The van der Waals surface area contributed by atoms with Gasteiger partial charge in [-0.25, -0.2) is 4.98 Å². The van der Waals surface area contributed by atoms with Crippen LogP contribution in [0, 0.1) is 5.92 Å². The Balaban J connectivity index is 1.79. The first-order chi connectivity index (χ1) is 10.9. The minimum atomic E-state index is -4.55. The fourth-order valence-corrected chi connectivity index (χ4v) is 2.86. The fourth-order valence-electron chi connectivity index (χ4n) is 2.86. The van der Waals surface area contributed by atoms with Gasteiger partial charge in [0.1, 0.15) is 11.7 Å². The maximum Gasteiger partial charge on any atom is 0.423 e. The predicted octanol–water partition coefficient (Wildman–Crippen LogP) is 3.26. The lowest BCUT2D eigenvalue weighted by Gasteiger charge is -2.30. The Kier molecular flexibility index (Phi) is 4.61. The van der Waals surface area contributed by atoms with Crippen molar-refractivity contribution in [1.82, 2.24) is 9.97 Å². The number of hydrogen-bond donors (Lipinski definition) is 1. The molecule has 2 aliphatic rings. The molecule has 3 rings (SSSR count). The number of rotatable bonds is 4. The van der Waals surface area contributed by atoms with E-state index < -0.39 is 17.6 Å². The van der Waals surface area contributed by atoms with Crippen LogP contribution >= 0.6 is 0 Å². The lowest BCUT2D eigenvalue weighted by Crippen LogP contribution is -2.39. The van der Waals surface area contributed by atoms with Crippen LogP contribution in [-0.4, -0.2) is 35.3 Å². The Morgan fingerprint density at radius 1 is 1.26 bits per heavy atom. The topological polar surface area (TPSA) is 56.3 Å². The number of alkyl halides is 3. The van der Waals surface area contributed by atoms with Crippen molar-refractivity contribution < 1.29 is 22.6 Å². The Bertz CT molecular complexity index is 549. The second kappa shape index (κ2) is 6.51. The summed E-state index contributed by atoms with van der Waals surface area (Å²) in [6.45, 7) is 2.69. The summed E-state index contributed by atoms with van der Waals surface area (Å²) in [5.41, 5.74) is -0.952. The zero-order valence-corrected chi connectivity index (χ0v) is 12.9. The molecule has 2 heterocycles. The summed E-state index contributed by atoms with van der Waals surface area (Å²) >= 11 is 0. The van der Waals surface area contributed by atoms with Gasteiger partial charge in [-0.2, -0.15) is 18.2 Å². The van der Waals surface area contributed by atoms with Gasteiger partial charge in [0.25, 0.3) is 0 Å². The molecule has 1 saturated heterocycles. The van der Waals surface area contributed by atoms with Crippen LogP contribution in [0.15, 0.2) is 6.20 Å². The molecular formula is C15H20F3N3O2. The molecule has 0 radical (unpaired) electrons. The fraction of sp³-hybridized carbons (Fsp3) is 0.733. The molecule has 0 bridgehead atoms. The molecule has 128 valence electrons. The van der Waals surface area contributed by atoms with E-state index in [0.29, 0.717) is 5.92 Å². The van der Waals surface area contributed by atoms with Gasteiger partial charge >= 0.3 is 6.18 Å². The zero-order chi connectivity index (χ0) is 16.4. The van der Waals surface area contributed by atoms with Gasteiger partial charge in [-0.15, -0.1) is 0 Å². The van der Waals surface area contributed by atoms with Crippen LogP contribution in [0.25, 0.3) is 0 Å². The maximum absolute atomic E-state index is 13.1. The van der Waals surface area contributed by atoms with Gasteiger partial charge < -0.3 is 14.8 Å². The summed E-state index contributed by atoms with van der Waals surface area (Å²) in [5, 5.41) is 3.16. The number of anilines is 1. The van der Waals surface area contributed by atoms with E-state index in [1.54, 1.807) is 0 Å². The zero-order valence-electron chi connectivity index (χ0n) is 12.9. The quantitative estimate of drug-likeness (QED) is 0.918. The molecule has 5 nitrogen and oxygen atoms in total. The van der Waals surface area contributed by atoms with Gasteiger partial charge in [0.15, 0.2) is 0 Å². The number of hydrogen-bond acceptors (Lipinski definition) is 5. The largest absolute Gasteiger partial charge is 0.469 e. The smallest absolute Gasteiger partial charge is 0.423 e. The monoisotopic (exact) mass is 331 g/mol. The van der Waals surface area contributed by atoms with Crippen molar-refractivity contribution in [3.63, 3.8) is 0 Å². The van der Waals surface area contributed by atoms with E-state index in [2.05, 4.69) is 22.2 Å². The van der Waals surface area contributed by atoms with Gasteiger partial charge in [0, 0.05) is 12.2 Å². The van der Waals surface area contributed by atoms with Gasteiger partial charge in [-0.3, -0.25) is 0 Å². The van der Waals surface area contributed by atoms with Crippen LogP contribution in [0.5, 0.6) is 5.88 Å². The SMILES string of the molecule is C[C@@H]1CCCC[C@@H]1Nc1ncc(C(F)(F)F)c(OC2COC2)n1. The van der Waals surface area contributed by atoms with E-state index in [1.807, 2.05) is 0 Å². The molecule has 2 fully saturated rings. The average molecular weight is 331 g/mol. The summed E-state index contributed by atoms with van der Waals surface area (Å²) < 4.78 is 49.4. The number of nitrogens with zero attached hydrogens (tertiary/aromatic N) is 2. The minimum Gasteiger partial charge on any atom is -0.469 e. The molecule has 0 aromatic carbocycles. The lowest BCUT2D eigenvalue weighted by molar-refractivity contribution is -0.142. The van der Waals surface area contributed by atoms with Crippen molar-refractivity contribution in [2.45, 2.75) is 50.9 Å². The highest BCUT2D eigenvalue weighted by Crippen LogP contribution is 2.36. The Morgan fingerprint density at radius 2 is 2.00 bits per heavy atom. The molecule has 1 aromatic heterocycles. The van der Waals surface area contributed by atoms with Gasteiger partial charge in [-0.1, -0.05) is 19.8 Å². The molecule has 1 saturated carbocycles. The number of nitrogens with one attached hydrogen (secondary N) is 1. The lowest BCUT2D eigenvalue weighted by atomic mass is 9.86. The Hall–Kier alpha value is -1.57. The van der Waals surface area contributed by atoms with Crippen LogP contribution in [-0.2, 0) is 10.9 Å². The maximum atomic E-state index is 13.1. The van der Waals surface area contributed by atoms with Crippen molar-refractivity contribution in [1.29, 1.82) is 0 Å². The number of halogens is 3. The molecule has 8 heteroatoms. The summed E-state index contributed by atoms with van der Waals surface area (Å²) in [4.78, 5) is 7.80. The average Bonchev–Trinajstić information content (AvgIpc) is 2.44. The first kappa shape index (κ1) is 16.3. The van der Waals surface area contributed by atoms with E-state index in [-0.39, 0.29) is 31.3 Å². The molecule has 2 atom stereocenters. The standard InChI is InChI=1S/C15H20F3N3O2/c1-9-4-2-3-5-12(9)20-14-19-6-11(15(16,17)18)13(21-14)23-10-7-22-8-10/h6,9-10,12H,2-5,7-8H2,1H3,(H,19,20,21)/t9-,12+/m1/s1. The third-order valence-corrected chi connectivity index (χ3v) is 4.37. The Labute approximate surface area is 132 Å². The molecule has 0 spiro atoms. The molecule has 0 amide bonds. The van der Waals surface area contributed by atoms with Crippen LogP contribution < -0.4 is 10.1 Å². The molecular weight excluding hydrogens is 311 g/mol. The molecule has 0 unspecified atom stereocenters. The number of ether oxygens (including phenoxy) is 2. The van der Waals surface area contributed by atoms with Crippen molar-refractivity contribution in [2.24, 2.45) is 5.92 Å². The van der Waals surface area contributed by atoms with Crippen molar-refractivity contribution in [3.05, 3.63) is 11.8 Å². The second-order valence-corrected chi connectivity index (χ2v) is 6.20. The highest BCUT2D eigenvalue weighted by Gasteiger charge is 2.38. The molecule has 1 N–H and O–H groups in total. The Morgan fingerprint density at radius 3 is 2.61 bits per heavy atom. The molecule has 1 aromatic rings.